The van der Waals surface area contributed by atoms with Gasteiger partial charge >= 0.3 is 5.97 Å². The van der Waals surface area contributed by atoms with Crippen LogP contribution < -0.4 is 15.8 Å². The van der Waals surface area contributed by atoms with E-state index in [-0.39, 0.29) is 29.8 Å². The van der Waals surface area contributed by atoms with Crippen LogP contribution in [0.15, 0.2) is 54.6 Å². The fourth-order valence-electron chi connectivity index (χ4n) is 5.72. The third kappa shape index (κ3) is 5.89. The molecule has 0 bridgehead atoms. The zero-order valence-electron chi connectivity index (χ0n) is 23.0. The number of nitrogens with zero attached hydrogens (tertiary/aromatic N) is 2. The molecule has 1 fully saturated rings. The quantitative estimate of drug-likeness (QED) is 0.199. The van der Waals surface area contributed by atoms with E-state index in [1.807, 2.05) is 30.3 Å². The largest absolute Gasteiger partial charge is 0.497 e. The van der Waals surface area contributed by atoms with Crippen LogP contribution in [0.3, 0.4) is 0 Å². The molecular formula is C31H35N5O5. The summed E-state index contributed by atoms with van der Waals surface area (Å²) in [5, 5.41) is 30.6. The van der Waals surface area contributed by atoms with Gasteiger partial charge in [-0.3, -0.25) is 15.1 Å². The zero-order chi connectivity index (χ0) is 29.1. The SMILES string of the molecule is COc1ccc(-c2cc(C(=O)N3CCN(CCO)CC3)ccc2CC2CNc3ccc(C(=N)N)cc32)c(C(=O)O)c1. The lowest BCUT2D eigenvalue weighted by Gasteiger charge is -2.34. The molecule has 2 aliphatic heterocycles. The molecule has 10 nitrogen and oxygen atoms in total. The van der Waals surface area contributed by atoms with Crippen LogP contribution in [-0.4, -0.2) is 90.7 Å². The van der Waals surface area contributed by atoms with Crippen molar-refractivity contribution in [2.75, 3.05) is 58.3 Å². The maximum atomic E-state index is 13.6. The van der Waals surface area contributed by atoms with Crippen LogP contribution in [0.4, 0.5) is 5.69 Å². The highest BCUT2D eigenvalue weighted by Gasteiger charge is 2.27. The number of fused-ring (bicyclic) bond motifs is 1. The molecule has 1 atom stereocenters. The predicted octanol–water partition coefficient (Wildman–Crippen LogP) is 2.85. The Morgan fingerprint density at radius 3 is 2.46 bits per heavy atom. The molecule has 3 aromatic rings. The minimum absolute atomic E-state index is 0.00327. The molecule has 0 saturated carbocycles. The number of carboxylic acids is 1. The number of aliphatic hydroxyl groups is 1. The number of aliphatic hydroxyl groups excluding tert-OH is 1. The summed E-state index contributed by atoms with van der Waals surface area (Å²) in [7, 11) is 1.49. The van der Waals surface area contributed by atoms with Gasteiger partial charge in [0.1, 0.15) is 11.6 Å². The average molecular weight is 558 g/mol. The van der Waals surface area contributed by atoms with Crippen molar-refractivity contribution in [2.45, 2.75) is 12.3 Å². The number of carboxylic acid groups (broad SMARTS) is 1. The van der Waals surface area contributed by atoms with E-state index in [4.69, 9.17) is 15.9 Å². The first kappa shape index (κ1) is 28.1. The van der Waals surface area contributed by atoms with Crippen LogP contribution >= 0.6 is 0 Å². The second kappa shape index (κ2) is 12.0. The number of methoxy groups -OCH3 is 1. The number of hydrogen-bond donors (Lipinski definition) is 5. The number of nitrogens with one attached hydrogen (secondary N) is 2. The van der Waals surface area contributed by atoms with Crippen molar-refractivity contribution in [1.29, 1.82) is 5.41 Å². The summed E-state index contributed by atoms with van der Waals surface area (Å²) in [6.07, 6.45) is 0.593. The molecule has 214 valence electrons. The van der Waals surface area contributed by atoms with Crippen LogP contribution in [0, 0.1) is 5.41 Å². The highest BCUT2D eigenvalue weighted by atomic mass is 16.5. The first-order valence-corrected chi connectivity index (χ1v) is 13.7. The van der Waals surface area contributed by atoms with Crippen molar-refractivity contribution in [3.8, 4) is 16.9 Å². The summed E-state index contributed by atoms with van der Waals surface area (Å²) in [5.74, 6) is -0.683. The number of rotatable bonds is 9. The van der Waals surface area contributed by atoms with E-state index >= 15 is 0 Å². The number of hydrogen-bond acceptors (Lipinski definition) is 7. The normalized spacial score (nSPS) is 16.6. The van der Waals surface area contributed by atoms with Gasteiger partial charge in [0.25, 0.3) is 5.91 Å². The molecule has 2 aliphatic rings. The molecule has 10 heteroatoms. The third-order valence-corrected chi connectivity index (χ3v) is 7.99. The van der Waals surface area contributed by atoms with Crippen LogP contribution in [0.1, 0.15) is 43.3 Å². The Hall–Kier alpha value is -4.41. The molecule has 0 radical (unpaired) electrons. The Morgan fingerprint density at radius 1 is 1.02 bits per heavy atom. The van der Waals surface area contributed by atoms with Crippen LogP contribution in [-0.2, 0) is 6.42 Å². The minimum Gasteiger partial charge on any atom is -0.497 e. The molecule has 1 unspecified atom stereocenters. The zero-order valence-corrected chi connectivity index (χ0v) is 23.0. The van der Waals surface area contributed by atoms with E-state index in [1.165, 1.54) is 13.2 Å². The van der Waals surface area contributed by atoms with Crippen LogP contribution in [0.25, 0.3) is 11.1 Å². The standard InChI is InChI=1S/C31H35N5O5/c1-41-23-5-6-24(27(17-23)31(39)40)25-16-21(30(38)36-10-8-35(9-11-36)12-13-37)3-2-19(25)14-22-18-34-28-7-4-20(29(32)33)15-26(22)28/h2-7,15-17,22,34,37H,8-14,18H2,1H3,(H3,32,33)(H,39,40). The number of anilines is 1. The smallest absolute Gasteiger partial charge is 0.336 e. The molecule has 41 heavy (non-hydrogen) atoms. The first-order valence-electron chi connectivity index (χ1n) is 13.7. The summed E-state index contributed by atoms with van der Waals surface area (Å²) in [6.45, 7) is 3.85. The number of piperazine rings is 1. The monoisotopic (exact) mass is 557 g/mol. The fraction of sp³-hybridized carbons (Fsp3) is 0.323. The number of nitrogen functional groups attached to an aromatic ring is 1. The van der Waals surface area contributed by atoms with Crippen molar-refractivity contribution in [2.24, 2.45) is 5.73 Å². The molecule has 0 spiro atoms. The molecule has 2 heterocycles. The van der Waals surface area contributed by atoms with E-state index in [1.54, 1.807) is 23.1 Å². The predicted molar refractivity (Wildman–Crippen MR) is 157 cm³/mol. The van der Waals surface area contributed by atoms with Gasteiger partial charge in [-0.1, -0.05) is 6.07 Å². The summed E-state index contributed by atoms with van der Waals surface area (Å²) in [5.41, 5.74) is 11.1. The maximum absolute atomic E-state index is 13.6. The lowest BCUT2D eigenvalue weighted by Crippen LogP contribution is -2.49. The topological polar surface area (TPSA) is 152 Å². The van der Waals surface area contributed by atoms with E-state index in [0.717, 1.165) is 16.8 Å². The molecule has 0 aromatic heterocycles. The molecule has 1 amide bonds. The van der Waals surface area contributed by atoms with Crippen molar-refractivity contribution in [3.63, 3.8) is 0 Å². The molecule has 6 N–H and O–H groups in total. The molecular weight excluding hydrogens is 522 g/mol. The number of carbonyl (C=O) groups is 2. The number of benzene rings is 3. The highest BCUT2D eigenvalue weighted by molar-refractivity contribution is 6.00. The van der Waals surface area contributed by atoms with Gasteiger partial charge in [-0.05, 0) is 77.2 Å². The number of amides is 1. The second-order valence-electron chi connectivity index (χ2n) is 10.4. The highest BCUT2D eigenvalue weighted by Crippen LogP contribution is 2.38. The minimum atomic E-state index is -1.08. The van der Waals surface area contributed by atoms with Gasteiger partial charge in [0.05, 0.1) is 19.3 Å². The van der Waals surface area contributed by atoms with Gasteiger partial charge < -0.3 is 30.9 Å². The lowest BCUT2D eigenvalue weighted by molar-refractivity contribution is 0.0614. The molecule has 0 aliphatic carbocycles. The number of aromatic carboxylic acids is 1. The Kier molecular flexibility index (Phi) is 8.23. The number of β-amino-alcohol motifs (C(OH)–C–C–N with tert-alkyl or cyclic N) is 1. The molecule has 5 rings (SSSR count). The van der Waals surface area contributed by atoms with Gasteiger partial charge in [0.15, 0.2) is 0 Å². The Morgan fingerprint density at radius 2 is 1.78 bits per heavy atom. The van der Waals surface area contributed by atoms with Gasteiger partial charge in [0.2, 0.25) is 0 Å². The summed E-state index contributed by atoms with van der Waals surface area (Å²) < 4.78 is 5.29. The number of nitrogens with two attached hydrogens (primary N) is 1. The van der Waals surface area contributed by atoms with Crippen molar-refractivity contribution < 1.29 is 24.5 Å². The Labute approximate surface area is 238 Å². The first-order chi connectivity index (χ1) is 19.8. The van der Waals surface area contributed by atoms with Gasteiger partial charge in [0, 0.05) is 62.0 Å². The molecule has 1 saturated heterocycles. The number of amidine groups is 1. The van der Waals surface area contributed by atoms with E-state index in [9.17, 15) is 19.8 Å². The van der Waals surface area contributed by atoms with Gasteiger partial charge in [-0.25, -0.2) is 4.79 Å². The van der Waals surface area contributed by atoms with Crippen molar-refractivity contribution in [1.82, 2.24) is 9.80 Å². The van der Waals surface area contributed by atoms with E-state index in [2.05, 4.69) is 10.2 Å². The second-order valence-corrected chi connectivity index (χ2v) is 10.4. The Bertz CT molecular complexity index is 1480. The fourth-order valence-corrected chi connectivity index (χ4v) is 5.72. The van der Waals surface area contributed by atoms with Gasteiger partial charge in [-0.15, -0.1) is 0 Å². The summed E-state index contributed by atoms with van der Waals surface area (Å²) in [4.78, 5) is 29.8. The maximum Gasteiger partial charge on any atom is 0.336 e. The number of ether oxygens (including phenoxy) is 1. The van der Waals surface area contributed by atoms with Crippen LogP contribution in [0.5, 0.6) is 5.75 Å². The van der Waals surface area contributed by atoms with Crippen LogP contribution in [0.2, 0.25) is 0 Å². The third-order valence-electron chi connectivity index (χ3n) is 7.99. The van der Waals surface area contributed by atoms with Crippen molar-refractivity contribution >= 4 is 23.4 Å². The lowest BCUT2D eigenvalue weighted by atomic mass is 9.86. The van der Waals surface area contributed by atoms with Gasteiger partial charge in [-0.2, -0.15) is 0 Å². The summed E-state index contributed by atoms with van der Waals surface area (Å²) >= 11 is 0. The summed E-state index contributed by atoms with van der Waals surface area (Å²) in [6, 6.07) is 16.2. The van der Waals surface area contributed by atoms with E-state index in [0.29, 0.717) is 73.7 Å². The average Bonchev–Trinajstić information content (AvgIpc) is 3.39. The molecule has 3 aromatic carbocycles. The van der Waals surface area contributed by atoms with E-state index < -0.39 is 5.97 Å². The Balaban J connectivity index is 1.53. The van der Waals surface area contributed by atoms with Crippen molar-refractivity contribution in [3.05, 3.63) is 82.4 Å². The number of carbonyl (C=O) groups excluding carboxylic acids is 1.